The predicted octanol–water partition coefficient (Wildman–Crippen LogP) is 0.413. The van der Waals surface area contributed by atoms with E-state index in [0.29, 0.717) is 18.6 Å². The Morgan fingerprint density at radius 1 is 1.91 bits per heavy atom. The molecule has 0 saturated carbocycles. The lowest BCUT2D eigenvalue weighted by Gasteiger charge is -2.06. The normalized spacial score (nSPS) is 15.2. The minimum Gasteiger partial charge on any atom is -0.463 e. The maximum atomic E-state index is 11.0. The standard InChI is InChI=1S/C7H10N2O2/c1-2-11-7(10)6-3-4-8-9-5-6/h4-5,9H,2-3H2,1H3. The van der Waals surface area contributed by atoms with Crippen molar-refractivity contribution in [3.05, 3.63) is 11.8 Å². The first kappa shape index (κ1) is 7.78. The van der Waals surface area contributed by atoms with Crippen LogP contribution < -0.4 is 5.43 Å². The summed E-state index contributed by atoms with van der Waals surface area (Å²) in [5.41, 5.74) is 3.19. The van der Waals surface area contributed by atoms with E-state index in [-0.39, 0.29) is 5.97 Å². The first-order chi connectivity index (χ1) is 5.34. The Labute approximate surface area is 64.9 Å². The molecule has 4 nitrogen and oxygen atoms in total. The highest BCUT2D eigenvalue weighted by atomic mass is 16.5. The van der Waals surface area contributed by atoms with Gasteiger partial charge in [-0.1, -0.05) is 0 Å². The Morgan fingerprint density at radius 2 is 2.73 bits per heavy atom. The molecule has 0 aromatic rings. The van der Waals surface area contributed by atoms with E-state index >= 15 is 0 Å². The van der Waals surface area contributed by atoms with Crippen molar-refractivity contribution in [2.24, 2.45) is 5.10 Å². The van der Waals surface area contributed by atoms with Gasteiger partial charge >= 0.3 is 5.97 Å². The molecule has 0 radical (unpaired) electrons. The number of carbonyl (C=O) groups excluding carboxylic acids is 1. The van der Waals surface area contributed by atoms with Crippen LogP contribution in [0.15, 0.2) is 16.9 Å². The molecule has 11 heavy (non-hydrogen) atoms. The zero-order valence-corrected chi connectivity index (χ0v) is 6.33. The van der Waals surface area contributed by atoms with E-state index < -0.39 is 0 Å². The van der Waals surface area contributed by atoms with Crippen LogP contribution in [0, 0.1) is 0 Å². The monoisotopic (exact) mass is 154 g/mol. The average molecular weight is 154 g/mol. The lowest BCUT2D eigenvalue weighted by atomic mass is 10.2. The van der Waals surface area contributed by atoms with Crippen LogP contribution in [-0.4, -0.2) is 18.8 Å². The Hall–Kier alpha value is -1.32. The van der Waals surface area contributed by atoms with Crippen molar-refractivity contribution in [3.63, 3.8) is 0 Å². The van der Waals surface area contributed by atoms with Crippen molar-refractivity contribution < 1.29 is 9.53 Å². The number of ether oxygens (including phenoxy) is 1. The van der Waals surface area contributed by atoms with Gasteiger partial charge in [0.05, 0.1) is 12.2 Å². The lowest BCUT2D eigenvalue weighted by Crippen LogP contribution is -2.14. The molecule has 0 aromatic heterocycles. The van der Waals surface area contributed by atoms with E-state index in [0.717, 1.165) is 0 Å². The summed E-state index contributed by atoms with van der Waals surface area (Å²) in [4.78, 5) is 11.0. The van der Waals surface area contributed by atoms with E-state index in [1.165, 1.54) is 0 Å². The number of nitrogens with zero attached hydrogens (tertiary/aromatic N) is 1. The molecular formula is C7H10N2O2. The van der Waals surface area contributed by atoms with Gasteiger partial charge in [0.25, 0.3) is 0 Å². The predicted molar refractivity (Wildman–Crippen MR) is 41.0 cm³/mol. The number of carbonyl (C=O) groups is 1. The van der Waals surface area contributed by atoms with Gasteiger partial charge in [-0.3, -0.25) is 5.43 Å². The first-order valence-electron chi connectivity index (χ1n) is 3.47. The van der Waals surface area contributed by atoms with E-state index in [9.17, 15) is 4.79 Å². The van der Waals surface area contributed by atoms with Crippen LogP contribution >= 0.6 is 0 Å². The van der Waals surface area contributed by atoms with Crippen molar-refractivity contribution in [2.45, 2.75) is 13.3 Å². The molecule has 0 amide bonds. The van der Waals surface area contributed by atoms with E-state index in [2.05, 4.69) is 10.5 Å². The van der Waals surface area contributed by atoms with E-state index in [4.69, 9.17) is 4.74 Å². The fourth-order valence-electron chi connectivity index (χ4n) is 0.737. The average Bonchev–Trinajstić information content (AvgIpc) is 2.07. The maximum Gasteiger partial charge on any atom is 0.335 e. The molecule has 0 fully saturated rings. The summed E-state index contributed by atoms with van der Waals surface area (Å²) < 4.78 is 4.77. The van der Waals surface area contributed by atoms with Gasteiger partial charge < -0.3 is 4.74 Å². The Morgan fingerprint density at radius 3 is 3.27 bits per heavy atom. The molecule has 0 atom stereocenters. The second-order valence-electron chi connectivity index (χ2n) is 2.03. The molecule has 0 aliphatic carbocycles. The fraction of sp³-hybridized carbons (Fsp3) is 0.429. The molecule has 4 heteroatoms. The minimum atomic E-state index is -0.272. The summed E-state index contributed by atoms with van der Waals surface area (Å²) in [6.45, 7) is 2.19. The van der Waals surface area contributed by atoms with Gasteiger partial charge in [-0.05, 0) is 6.92 Å². The van der Waals surface area contributed by atoms with Crippen LogP contribution in [0.3, 0.4) is 0 Å². The lowest BCUT2D eigenvalue weighted by molar-refractivity contribution is -0.138. The van der Waals surface area contributed by atoms with Gasteiger partial charge in [0.1, 0.15) is 0 Å². The number of hydrazone groups is 1. The van der Waals surface area contributed by atoms with Gasteiger partial charge in [0, 0.05) is 18.8 Å². The molecular weight excluding hydrogens is 144 g/mol. The number of hydrogen-bond acceptors (Lipinski definition) is 4. The summed E-state index contributed by atoms with van der Waals surface area (Å²) in [5, 5.41) is 3.71. The summed E-state index contributed by atoms with van der Waals surface area (Å²) in [6.07, 6.45) is 3.73. The Kier molecular flexibility index (Phi) is 2.66. The van der Waals surface area contributed by atoms with Crippen molar-refractivity contribution in [1.82, 2.24) is 5.43 Å². The molecule has 0 spiro atoms. The minimum absolute atomic E-state index is 0.272. The van der Waals surface area contributed by atoms with Crippen LogP contribution in [0.4, 0.5) is 0 Å². The maximum absolute atomic E-state index is 11.0. The van der Waals surface area contributed by atoms with Crippen LogP contribution in [0.25, 0.3) is 0 Å². The molecule has 0 bridgehead atoms. The first-order valence-corrected chi connectivity index (χ1v) is 3.47. The van der Waals surface area contributed by atoms with Crippen LogP contribution in [0.1, 0.15) is 13.3 Å². The SMILES string of the molecule is CCOC(=O)C1=CNN=CC1. The number of nitrogens with one attached hydrogen (secondary N) is 1. The van der Waals surface area contributed by atoms with Gasteiger partial charge in [0.2, 0.25) is 0 Å². The van der Waals surface area contributed by atoms with E-state index in [1.807, 2.05) is 0 Å². The molecule has 1 aliphatic rings. The Bertz CT molecular complexity index is 208. The number of hydrogen-bond donors (Lipinski definition) is 1. The summed E-state index contributed by atoms with van der Waals surface area (Å²) in [7, 11) is 0. The van der Waals surface area contributed by atoms with Crippen molar-refractivity contribution in [2.75, 3.05) is 6.61 Å². The number of esters is 1. The number of rotatable bonds is 2. The molecule has 1 rings (SSSR count). The summed E-state index contributed by atoms with van der Waals surface area (Å²) in [5.74, 6) is -0.272. The zero-order chi connectivity index (χ0) is 8.10. The van der Waals surface area contributed by atoms with Crippen molar-refractivity contribution in [1.29, 1.82) is 0 Å². The van der Waals surface area contributed by atoms with Gasteiger partial charge in [-0.2, -0.15) is 5.10 Å². The highest BCUT2D eigenvalue weighted by molar-refractivity contribution is 5.92. The third-order valence-corrected chi connectivity index (χ3v) is 1.25. The quantitative estimate of drug-likeness (QED) is 0.586. The van der Waals surface area contributed by atoms with Gasteiger partial charge in [0.15, 0.2) is 0 Å². The Balaban J connectivity index is 2.46. The molecule has 1 N–H and O–H groups in total. The molecule has 0 aromatic carbocycles. The highest BCUT2D eigenvalue weighted by Crippen LogP contribution is 2.03. The molecule has 1 heterocycles. The molecule has 0 saturated heterocycles. The molecule has 1 aliphatic heterocycles. The smallest absolute Gasteiger partial charge is 0.335 e. The highest BCUT2D eigenvalue weighted by Gasteiger charge is 2.10. The van der Waals surface area contributed by atoms with Crippen LogP contribution in [-0.2, 0) is 9.53 Å². The van der Waals surface area contributed by atoms with Crippen molar-refractivity contribution >= 4 is 12.2 Å². The summed E-state index contributed by atoms with van der Waals surface area (Å²) >= 11 is 0. The molecule has 0 unspecified atom stereocenters. The fourth-order valence-corrected chi connectivity index (χ4v) is 0.737. The molecule has 60 valence electrons. The van der Waals surface area contributed by atoms with Gasteiger partial charge in [-0.15, -0.1) is 0 Å². The van der Waals surface area contributed by atoms with Crippen molar-refractivity contribution in [3.8, 4) is 0 Å². The largest absolute Gasteiger partial charge is 0.463 e. The van der Waals surface area contributed by atoms with Gasteiger partial charge in [-0.25, -0.2) is 4.79 Å². The topological polar surface area (TPSA) is 50.7 Å². The van der Waals surface area contributed by atoms with Crippen LogP contribution in [0.2, 0.25) is 0 Å². The second-order valence-corrected chi connectivity index (χ2v) is 2.03. The zero-order valence-electron chi connectivity index (χ0n) is 6.33. The second kappa shape index (κ2) is 3.75. The van der Waals surface area contributed by atoms with E-state index in [1.54, 1.807) is 19.3 Å². The summed E-state index contributed by atoms with van der Waals surface area (Å²) in [6, 6.07) is 0. The third-order valence-electron chi connectivity index (χ3n) is 1.25. The van der Waals surface area contributed by atoms with Crippen LogP contribution in [0.5, 0.6) is 0 Å². The third kappa shape index (κ3) is 2.07.